The summed E-state index contributed by atoms with van der Waals surface area (Å²) in [6, 6.07) is 11.7. The largest absolute Gasteiger partial charge is 0.478 e. The Hall–Kier alpha value is -2.82. The van der Waals surface area contributed by atoms with Gasteiger partial charge < -0.3 is 15.2 Å². The molecule has 0 saturated carbocycles. The van der Waals surface area contributed by atoms with E-state index in [1.807, 2.05) is 12.1 Å². The summed E-state index contributed by atoms with van der Waals surface area (Å²) in [7, 11) is 0. The minimum Gasteiger partial charge on any atom is -0.478 e. The van der Waals surface area contributed by atoms with E-state index in [0.29, 0.717) is 24.3 Å². The number of aryl methyl sites for hydroxylation is 1. The zero-order valence-electron chi connectivity index (χ0n) is 11.1. The van der Waals surface area contributed by atoms with Gasteiger partial charge in [-0.1, -0.05) is 0 Å². The molecule has 0 spiro atoms. The van der Waals surface area contributed by atoms with Crippen molar-refractivity contribution < 1.29 is 19.4 Å². The molecule has 0 saturated heterocycles. The van der Waals surface area contributed by atoms with E-state index in [1.165, 1.54) is 12.1 Å². The number of nitrogens with one attached hydrogen (secondary N) is 1. The van der Waals surface area contributed by atoms with E-state index < -0.39 is 5.97 Å². The fourth-order valence-electron chi connectivity index (χ4n) is 2.22. The van der Waals surface area contributed by atoms with Gasteiger partial charge in [-0.25, -0.2) is 4.79 Å². The van der Waals surface area contributed by atoms with Crippen LogP contribution in [0.15, 0.2) is 42.5 Å². The van der Waals surface area contributed by atoms with E-state index in [-0.39, 0.29) is 11.5 Å². The maximum absolute atomic E-state index is 11.3. The SMILES string of the molecule is O=C1CCc2cc(Oc3ccc(C(=O)O)cc3)ccc2N1. The van der Waals surface area contributed by atoms with E-state index in [1.54, 1.807) is 18.2 Å². The van der Waals surface area contributed by atoms with Crippen molar-refractivity contribution in [3.05, 3.63) is 53.6 Å². The van der Waals surface area contributed by atoms with Crippen LogP contribution in [0, 0.1) is 0 Å². The van der Waals surface area contributed by atoms with Gasteiger partial charge in [-0.05, 0) is 54.4 Å². The number of anilines is 1. The quantitative estimate of drug-likeness (QED) is 0.907. The summed E-state index contributed by atoms with van der Waals surface area (Å²) in [4.78, 5) is 22.1. The van der Waals surface area contributed by atoms with Gasteiger partial charge in [0.25, 0.3) is 0 Å². The summed E-state index contributed by atoms with van der Waals surface area (Å²) in [5, 5.41) is 11.7. The number of carbonyl (C=O) groups is 2. The number of aromatic carboxylic acids is 1. The lowest BCUT2D eigenvalue weighted by Gasteiger charge is -2.17. The van der Waals surface area contributed by atoms with Crippen LogP contribution in [-0.2, 0) is 11.2 Å². The lowest BCUT2D eigenvalue weighted by molar-refractivity contribution is -0.116. The number of amides is 1. The molecule has 0 radical (unpaired) electrons. The summed E-state index contributed by atoms with van der Waals surface area (Å²) < 4.78 is 5.70. The Balaban J connectivity index is 1.79. The Bertz CT molecular complexity index is 707. The molecule has 0 unspecified atom stereocenters. The topological polar surface area (TPSA) is 75.6 Å². The minimum atomic E-state index is -0.967. The van der Waals surface area contributed by atoms with Gasteiger partial charge in [-0.3, -0.25) is 4.79 Å². The molecule has 0 fully saturated rings. The molecule has 2 N–H and O–H groups in total. The van der Waals surface area contributed by atoms with Crippen LogP contribution in [0.1, 0.15) is 22.3 Å². The molecule has 1 heterocycles. The molecule has 0 aromatic heterocycles. The van der Waals surface area contributed by atoms with Crippen LogP contribution in [0.25, 0.3) is 0 Å². The molecule has 0 aliphatic carbocycles. The summed E-state index contributed by atoms with van der Waals surface area (Å²) >= 11 is 0. The monoisotopic (exact) mass is 283 g/mol. The number of benzene rings is 2. The van der Waals surface area contributed by atoms with Crippen LogP contribution in [0.3, 0.4) is 0 Å². The number of rotatable bonds is 3. The van der Waals surface area contributed by atoms with Crippen molar-refractivity contribution in [3.8, 4) is 11.5 Å². The second kappa shape index (κ2) is 5.28. The molecule has 1 aliphatic heterocycles. The zero-order chi connectivity index (χ0) is 14.8. The molecule has 2 aromatic carbocycles. The van der Waals surface area contributed by atoms with Crippen molar-refractivity contribution in [2.45, 2.75) is 12.8 Å². The van der Waals surface area contributed by atoms with Gasteiger partial charge >= 0.3 is 5.97 Å². The van der Waals surface area contributed by atoms with Crippen LogP contribution < -0.4 is 10.1 Å². The van der Waals surface area contributed by atoms with E-state index >= 15 is 0 Å². The van der Waals surface area contributed by atoms with Crippen molar-refractivity contribution >= 4 is 17.6 Å². The Morgan fingerprint density at radius 1 is 1.05 bits per heavy atom. The predicted molar refractivity (Wildman–Crippen MR) is 76.9 cm³/mol. The predicted octanol–water partition coefficient (Wildman–Crippen LogP) is 3.06. The van der Waals surface area contributed by atoms with Crippen molar-refractivity contribution in [1.29, 1.82) is 0 Å². The van der Waals surface area contributed by atoms with Gasteiger partial charge in [-0.15, -0.1) is 0 Å². The lowest BCUT2D eigenvalue weighted by Crippen LogP contribution is -2.18. The first kappa shape index (κ1) is 13.2. The highest BCUT2D eigenvalue weighted by Gasteiger charge is 2.15. The lowest BCUT2D eigenvalue weighted by atomic mass is 10.0. The number of carboxylic acids is 1. The first-order valence-electron chi connectivity index (χ1n) is 6.56. The molecule has 21 heavy (non-hydrogen) atoms. The van der Waals surface area contributed by atoms with Crippen molar-refractivity contribution in [2.75, 3.05) is 5.32 Å². The molecule has 1 amide bonds. The molecule has 0 atom stereocenters. The maximum atomic E-state index is 11.3. The molecule has 2 aromatic rings. The third-order valence-corrected chi connectivity index (χ3v) is 3.31. The van der Waals surface area contributed by atoms with E-state index in [4.69, 9.17) is 9.84 Å². The van der Waals surface area contributed by atoms with Gasteiger partial charge in [0, 0.05) is 12.1 Å². The number of carbonyl (C=O) groups excluding carboxylic acids is 1. The highest BCUT2D eigenvalue weighted by Crippen LogP contribution is 2.29. The van der Waals surface area contributed by atoms with Gasteiger partial charge in [-0.2, -0.15) is 0 Å². The van der Waals surface area contributed by atoms with Crippen LogP contribution in [-0.4, -0.2) is 17.0 Å². The summed E-state index contributed by atoms with van der Waals surface area (Å²) in [5.41, 5.74) is 2.07. The molecule has 5 heteroatoms. The van der Waals surface area contributed by atoms with Crippen molar-refractivity contribution in [2.24, 2.45) is 0 Å². The van der Waals surface area contributed by atoms with E-state index in [0.717, 1.165) is 11.3 Å². The maximum Gasteiger partial charge on any atom is 0.335 e. The minimum absolute atomic E-state index is 0.0282. The molecule has 5 nitrogen and oxygen atoms in total. The summed E-state index contributed by atoms with van der Waals surface area (Å²) in [5.74, 6) is 0.291. The molecule has 1 aliphatic rings. The fraction of sp³-hybridized carbons (Fsp3) is 0.125. The van der Waals surface area contributed by atoms with Gasteiger partial charge in [0.2, 0.25) is 5.91 Å². The van der Waals surface area contributed by atoms with Crippen LogP contribution >= 0.6 is 0 Å². The van der Waals surface area contributed by atoms with E-state index in [2.05, 4.69) is 5.32 Å². The Kier molecular flexibility index (Phi) is 3.31. The molecule has 0 bridgehead atoms. The van der Waals surface area contributed by atoms with Gasteiger partial charge in [0.1, 0.15) is 11.5 Å². The molecular weight excluding hydrogens is 270 g/mol. The Labute approximate surface area is 121 Å². The van der Waals surface area contributed by atoms with Crippen molar-refractivity contribution in [1.82, 2.24) is 0 Å². The number of hydrogen-bond acceptors (Lipinski definition) is 3. The highest BCUT2D eigenvalue weighted by molar-refractivity contribution is 5.94. The number of fused-ring (bicyclic) bond motifs is 1. The van der Waals surface area contributed by atoms with Crippen LogP contribution in [0.2, 0.25) is 0 Å². The average Bonchev–Trinajstić information content (AvgIpc) is 2.48. The first-order chi connectivity index (χ1) is 10.1. The first-order valence-corrected chi connectivity index (χ1v) is 6.56. The number of ether oxygens (including phenoxy) is 1. The van der Waals surface area contributed by atoms with Gasteiger partial charge in [0.15, 0.2) is 0 Å². The highest BCUT2D eigenvalue weighted by atomic mass is 16.5. The molecule has 3 rings (SSSR count). The third kappa shape index (κ3) is 2.86. The third-order valence-electron chi connectivity index (χ3n) is 3.31. The Morgan fingerprint density at radius 2 is 1.76 bits per heavy atom. The summed E-state index contributed by atoms with van der Waals surface area (Å²) in [6.07, 6.45) is 1.17. The Morgan fingerprint density at radius 3 is 2.48 bits per heavy atom. The smallest absolute Gasteiger partial charge is 0.335 e. The van der Waals surface area contributed by atoms with Crippen LogP contribution in [0.4, 0.5) is 5.69 Å². The number of hydrogen-bond donors (Lipinski definition) is 2. The van der Waals surface area contributed by atoms with Crippen LogP contribution in [0.5, 0.6) is 11.5 Å². The summed E-state index contributed by atoms with van der Waals surface area (Å²) in [6.45, 7) is 0. The van der Waals surface area contributed by atoms with Crippen molar-refractivity contribution in [3.63, 3.8) is 0 Å². The number of carboxylic acid groups (broad SMARTS) is 1. The molecule has 106 valence electrons. The van der Waals surface area contributed by atoms with Gasteiger partial charge in [0.05, 0.1) is 5.56 Å². The average molecular weight is 283 g/mol. The molecular formula is C16H13NO4. The second-order valence-corrected chi connectivity index (χ2v) is 4.80. The second-order valence-electron chi connectivity index (χ2n) is 4.80. The fourth-order valence-corrected chi connectivity index (χ4v) is 2.22. The van der Waals surface area contributed by atoms with E-state index in [9.17, 15) is 9.59 Å². The standard InChI is InChI=1S/C16H13NO4/c18-15-8-3-11-9-13(6-7-14(11)17-15)21-12-4-1-10(2-5-12)16(19)20/h1-2,4-7,9H,3,8H2,(H,17,18)(H,19,20). The zero-order valence-corrected chi connectivity index (χ0v) is 11.1. The normalized spacial score (nSPS) is 13.2.